The fourth-order valence-corrected chi connectivity index (χ4v) is 1.58. The van der Waals surface area contributed by atoms with Crippen LogP contribution in [-0.4, -0.2) is 5.11 Å². The summed E-state index contributed by atoms with van der Waals surface area (Å²) in [5, 5.41) is 8.32. The van der Waals surface area contributed by atoms with Gasteiger partial charge in [0, 0.05) is 0 Å². The summed E-state index contributed by atoms with van der Waals surface area (Å²) in [6.07, 6.45) is 11.0. The molecule has 2 aromatic rings. The van der Waals surface area contributed by atoms with Gasteiger partial charge in [-0.05, 0) is 35.4 Å². The van der Waals surface area contributed by atoms with Crippen LogP contribution >= 0.6 is 0 Å². The van der Waals surface area contributed by atoms with Gasteiger partial charge in [-0.1, -0.05) is 30.7 Å². The lowest BCUT2D eigenvalue weighted by Crippen LogP contribution is -1.84. The first-order valence-corrected chi connectivity index (χ1v) is 5.47. The molecule has 0 spiro atoms. The van der Waals surface area contributed by atoms with Gasteiger partial charge in [-0.15, -0.1) is 0 Å². The highest BCUT2D eigenvalue weighted by molar-refractivity contribution is 5.64. The number of aliphatic hydroxyl groups is 1. The van der Waals surface area contributed by atoms with Crippen LogP contribution in [0.5, 0.6) is 11.5 Å². The van der Waals surface area contributed by atoms with E-state index in [9.17, 15) is 0 Å². The molecule has 0 radical (unpaired) electrons. The Morgan fingerprint density at radius 3 is 1.68 bits per heavy atom. The fraction of sp³-hybridized carbons (Fsp3) is 0. The first-order chi connectivity index (χ1) is 9.33. The topological polar surface area (TPSA) is 38.7 Å². The molecular formula is C16H10O3. The molecule has 0 saturated carbocycles. The average Bonchev–Trinajstić information content (AvgIpc) is 2.47. The maximum atomic E-state index is 8.32. The van der Waals surface area contributed by atoms with Crippen LogP contribution in [0.3, 0.4) is 0 Å². The van der Waals surface area contributed by atoms with Crippen LogP contribution in [0, 0.1) is 24.7 Å². The van der Waals surface area contributed by atoms with Crippen molar-refractivity contribution in [2.24, 2.45) is 0 Å². The van der Waals surface area contributed by atoms with E-state index in [1.807, 2.05) is 24.3 Å². The van der Waals surface area contributed by atoms with Crippen molar-refractivity contribution in [3.8, 4) is 47.4 Å². The molecule has 3 heteroatoms. The highest BCUT2D eigenvalue weighted by Crippen LogP contribution is 2.24. The van der Waals surface area contributed by atoms with E-state index in [1.165, 1.54) is 0 Å². The van der Waals surface area contributed by atoms with E-state index >= 15 is 0 Å². The largest absolute Gasteiger partial charge is 0.460 e. The van der Waals surface area contributed by atoms with Crippen LogP contribution in [0.4, 0.5) is 0 Å². The number of rotatable bonds is 3. The second kappa shape index (κ2) is 6.05. The molecule has 0 aliphatic carbocycles. The minimum atomic E-state index is 0.567. The summed E-state index contributed by atoms with van der Waals surface area (Å²) < 4.78 is 9.87. The summed E-state index contributed by atoms with van der Waals surface area (Å²) in [5.74, 6) is 1.20. The lowest BCUT2D eigenvalue weighted by Gasteiger charge is -2.04. The maximum Gasteiger partial charge on any atom is 0.160 e. The highest BCUT2D eigenvalue weighted by Gasteiger charge is 1.99. The van der Waals surface area contributed by atoms with Gasteiger partial charge < -0.3 is 14.6 Å². The standard InChI is InChI=1S/C16H10O3/c1-2-18-15-7-3-13(4-8-15)14-5-9-16(10-6-14)19-12-11-17/h1,3-10,17H. The third-order valence-electron chi connectivity index (χ3n) is 2.43. The molecule has 0 aromatic heterocycles. The predicted octanol–water partition coefficient (Wildman–Crippen LogP) is 2.99. The number of terminal acetylenes is 1. The van der Waals surface area contributed by atoms with Crippen molar-refractivity contribution < 1.29 is 14.6 Å². The Hall–Kier alpha value is -3.04. The molecule has 0 aliphatic heterocycles. The van der Waals surface area contributed by atoms with E-state index in [2.05, 4.69) is 12.2 Å². The summed E-state index contributed by atoms with van der Waals surface area (Å²) in [7, 11) is 0. The zero-order valence-corrected chi connectivity index (χ0v) is 9.96. The van der Waals surface area contributed by atoms with Crippen LogP contribution in [0.15, 0.2) is 48.5 Å². The zero-order valence-electron chi connectivity index (χ0n) is 9.96. The Morgan fingerprint density at radius 2 is 1.26 bits per heavy atom. The lowest BCUT2D eigenvalue weighted by atomic mass is 10.1. The van der Waals surface area contributed by atoms with Gasteiger partial charge in [-0.2, -0.15) is 0 Å². The van der Waals surface area contributed by atoms with Crippen molar-refractivity contribution >= 4 is 0 Å². The van der Waals surface area contributed by atoms with Gasteiger partial charge in [-0.3, -0.25) is 0 Å². The molecule has 0 fully saturated rings. The zero-order chi connectivity index (χ0) is 13.5. The average molecular weight is 250 g/mol. The van der Waals surface area contributed by atoms with Gasteiger partial charge in [0.15, 0.2) is 12.2 Å². The van der Waals surface area contributed by atoms with Gasteiger partial charge in [0.25, 0.3) is 0 Å². The number of benzene rings is 2. The van der Waals surface area contributed by atoms with Crippen LogP contribution in [0.2, 0.25) is 0 Å². The molecule has 0 amide bonds. The number of aliphatic hydroxyl groups excluding tert-OH is 1. The lowest BCUT2D eigenvalue weighted by molar-refractivity contribution is 0.476. The van der Waals surface area contributed by atoms with Crippen LogP contribution in [-0.2, 0) is 0 Å². The number of ether oxygens (including phenoxy) is 2. The van der Waals surface area contributed by atoms with E-state index in [1.54, 1.807) is 30.4 Å². The first kappa shape index (κ1) is 12.4. The maximum absolute atomic E-state index is 8.32. The van der Waals surface area contributed by atoms with E-state index in [4.69, 9.17) is 21.0 Å². The monoisotopic (exact) mass is 250 g/mol. The highest BCUT2D eigenvalue weighted by atomic mass is 16.5. The normalized spacial score (nSPS) is 8.79. The smallest absolute Gasteiger partial charge is 0.160 e. The summed E-state index contributed by atoms with van der Waals surface area (Å²) in [6, 6.07) is 14.8. The molecule has 0 unspecified atom stereocenters. The van der Waals surface area contributed by atoms with Crippen LogP contribution < -0.4 is 9.47 Å². The summed E-state index contributed by atoms with van der Waals surface area (Å²) in [4.78, 5) is 0. The summed E-state index contributed by atoms with van der Waals surface area (Å²) in [5.41, 5.74) is 2.06. The third kappa shape index (κ3) is 3.21. The van der Waals surface area contributed by atoms with Crippen molar-refractivity contribution in [3.63, 3.8) is 0 Å². The van der Waals surface area contributed by atoms with Crippen molar-refractivity contribution in [2.75, 3.05) is 0 Å². The van der Waals surface area contributed by atoms with Crippen LogP contribution in [0.25, 0.3) is 11.1 Å². The molecule has 19 heavy (non-hydrogen) atoms. The molecule has 92 valence electrons. The SMILES string of the molecule is C#COc1ccc(-c2ccc(OC#CO)cc2)cc1. The van der Waals surface area contributed by atoms with E-state index in [0.29, 0.717) is 11.5 Å². The van der Waals surface area contributed by atoms with Gasteiger partial charge in [-0.25, -0.2) is 0 Å². The van der Waals surface area contributed by atoms with Gasteiger partial charge in [0.05, 0.1) is 0 Å². The second-order valence-corrected chi connectivity index (χ2v) is 3.58. The van der Waals surface area contributed by atoms with E-state index in [-0.39, 0.29) is 0 Å². The van der Waals surface area contributed by atoms with Crippen molar-refractivity contribution in [3.05, 3.63) is 48.5 Å². The van der Waals surface area contributed by atoms with Gasteiger partial charge >= 0.3 is 0 Å². The van der Waals surface area contributed by atoms with Gasteiger partial charge in [0.2, 0.25) is 0 Å². The van der Waals surface area contributed by atoms with Crippen molar-refractivity contribution in [1.29, 1.82) is 0 Å². The minimum absolute atomic E-state index is 0.567. The molecule has 0 bridgehead atoms. The Kier molecular flexibility index (Phi) is 3.95. The first-order valence-electron chi connectivity index (χ1n) is 5.47. The Morgan fingerprint density at radius 1 is 0.789 bits per heavy atom. The molecule has 0 aliphatic rings. The fourth-order valence-electron chi connectivity index (χ4n) is 1.58. The molecule has 2 rings (SSSR count). The number of hydrogen-bond donors (Lipinski definition) is 1. The Bertz CT molecular complexity index is 638. The van der Waals surface area contributed by atoms with E-state index in [0.717, 1.165) is 11.1 Å². The summed E-state index contributed by atoms with van der Waals surface area (Å²) in [6.45, 7) is 0. The molecule has 0 atom stereocenters. The Labute approximate surface area is 111 Å². The predicted molar refractivity (Wildman–Crippen MR) is 71.7 cm³/mol. The van der Waals surface area contributed by atoms with E-state index < -0.39 is 0 Å². The Balaban J connectivity index is 2.17. The molecule has 2 aromatic carbocycles. The minimum Gasteiger partial charge on any atom is -0.460 e. The van der Waals surface area contributed by atoms with Crippen LogP contribution in [0.1, 0.15) is 0 Å². The quantitative estimate of drug-likeness (QED) is 0.851. The summed E-state index contributed by atoms with van der Waals surface area (Å²) >= 11 is 0. The van der Waals surface area contributed by atoms with Crippen molar-refractivity contribution in [1.82, 2.24) is 0 Å². The second-order valence-electron chi connectivity index (χ2n) is 3.58. The third-order valence-corrected chi connectivity index (χ3v) is 2.43. The number of hydrogen-bond acceptors (Lipinski definition) is 3. The molecule has 0 saturated heterocycles. The van der Waals surface area contributed by atoms with Crippen molar-refractivity contribution in [2.45, 2.75) is 0 Å². The molecule has 0 heterocycles. The molecule has 3 nitrogen and oxygen atoms in total. The molecule has 1 N–H and O–H groups in total. The molecular weight excluding hydrogens is 240 g/mol. The van der Waals surface area contributed by atoms with Gasteiger partial charge in [0.1, 0.15) is 17.6 Å².